The molecule has 5 N–H and O–H groups in total. The van der Waals surface area contributed by atoms with Crippen LogP contribution in [0.5, 0.6) is 0 Å². The Labute approximate surface area is 144 Å². The van der Waals surface area contributed by atoms with Gasteiger partial charge in [0.05, 0.1) is 11.9 Å². The van der Waals surface area contributed by atoms with Crippen LogP contribution in [0.3, 0.4) is 0 Å². The highest BCUT2D eigenvalue weighted by atomic mass is 19.1. The lowest BCUT2D eigenvalue weighted by Gasteiger charge is -2.12. The molecule has 3 rings (SSSR count). The van der Waals surface area contributed by atoms with Crippen LogP contribution in [-0.4, -0.2) is 21.0 Å². The minimum atomic E-state index is -0.377. The number of nitrogens with zero attached hydrogens (tertiary/aromatic N) is 3. The molecule has 0 radical (unpaired) electrons. The second-order valence-electron chi connectivity index (χ2n) is 5.58. The van der Waals surface area contributed by atoms with E-state index in [-0.39, 0.29) is 5.82 Å². The van der Waals surface area contributed by atoms with E-state index < -0.39 is 0 Å². The predicted octanol–water partition coefficient (Wildman–Crippen LogP) is 2.89. The molecule has 3 aromatic rings. The van der Waals surface area contributed by atoms with Crippen molar-refractivity contribution in [1.82, 2.24) is 14.8 Å². The average molecular weight is 339 g/mol. The number of halogens is 1. The molecule has 0 fully saturated rings. The van der Waals surface area contributed by atoms with E-state index in [9.17, 15) is 4.39 Å². The molecule has 2 heterocycles. The third kappa shape index (κ3) is 4.11. The highest BCUT2D eigenvalue weighted by Crippen LogP contribution is 2.21. The Hall–Kier alpha value is -3.42. The van der Waals surface area contributed by atoms with Gasteiger partial charge < -0.3 is 21.8 Å². The number of nitrogens with two attached hydrogens (primary N) is 1. The van der Waals surface area contributed by atoms with Crippen molar-refractivity contribution in [3.63, 3.8) is 0 Å². The Balaban J connectivity index is 1.78. The van der Waals surface area contributed by atoms with Gasteiger partial charge >= 0.3 is 0 Å². The zero-order valence-electron chi connectivity index (χ0n) is 13.6. The zero-order chi connectivity index (χ0) is 17.8. The number of aryl methyl sites for hydroxylation is 1. The normalized spacial score (nSPS) is 10.5. The minimum absolute atomic E-state index is 0.373. The quantitative estimate of drug-likeness (QED) is 0.408. The Morgan fingerprint density at radius 3 is 2.80 bits per heavy atom. The van der Waals surface area contributed by atoms with E-state index in [0.717, 1.165) is 5.69 Å². The fourth-order valence-corrected chi connectivity index (χ4v) is 2.41. The molecule has 7 nitrogen and oxygen atoms in total. The van der Waals surface area contributed by atoms with Crippen molar-refractivity contribution in [2.45, 2.75) is 6.54 Å². The maximum atomic E-state index is 13.4. The van der Waals surface area contributed by atoms with Gasteiger partial charge in [-0.3, -0.25) is 4.68 Å². The molecule has 0 aliphatic carbocycles. The summed E-state index contributed by atoms with van der Waals surface area (Å²) in [6.07, 6.45) is 6.32. The van der Waals surface area contributed by atoms with Gasteiger partial charge in [0.2, 0.25) is 0 Å². The fourth-order valence-electron chi connectivity index (χ4n) is 2.41. The number of hydrogen-bond acceptors (Lipinski definition) is 6. The molecule has 2 aromatic heterocycles. The largest absolute Gasteiger partial charge is 0.399 e. The van der Waals surface area contributed by atoms with E-state index in [1.807, 2.05) is 13.2 Å². The second-order valence-corrected chi connectivity index (χ2v) is 5.58. The van der Waals surface area contributed by atoms with Crippen molar-refractivity contribution in [2.24, 2.45) is 7.05 Å². The van der Waals surface area contributed by atoms with Crippen molar-refractivity contribution in [3.8, 4) is 0 Å². The number of rotatable bonds is 6. The third-order valence-electron chi connectivity index (χ3n) is 3.53. The van der Waals surface area contributed by atoms with E-state index in [2.05, 4.69) is 20.7 Å². The van der Waals surface area contributed by atoms with Gasteiger partial charge in [0.25, 0.3) is 0 Å². The number of nitrogens with one attached hydrogen (secondary N) is 3. The van der Waals surface area contributed by atoms with Gasteiger partial charge in [0.15, 0.2) is 0 Å². The number of anilines is 4. The lowest BCUT2D eigenvalue weighted by Crippen LogP contribution is -2.05. The van der Waals surface area contributed by atoms with Crippen molar-refractivity contribution < 1.29 is 4.39 Å². The summed E-state index contributed by atoms with van der Waals surface area (Å²) in [4.78, 5) is 4.28. The summed E-state index contributed by atoms with van der Waals surface area (Å²) in [5, 5.41) is 17.9. The minimum Gasteiger partial charge on any atom is -0.399 e. The van der Waals surface area contributed by atoms with Crippen LogP contribution >= 0.6 is 0 Å². The second kappa shape index (κ2) is 7.00. The maximum Gasteiger partial charge on any atom is 0.132 e. The predicted molar refractivity (Wildman–Crippen MR) is 96.8 cm³/mol. The molecule has 0 unspecified atom stereocenters. The first-order chi connectivity index (χ1) is 12.0. The monoisotopic (exact) mass is 339 g/mol. The highest BCUT2D eigenvalue weighted by Gasteiger charge is 2.06. The molecule has 0 bridgehead atoms. The van der Waals surface area contributed by atoms with Gasteiger partial charge in [-0.25, -0.2) is 9.37 Å². The van der Waals surface area contributed by atoms with Crippen molar-refractivity contribution in [1.29, 1.82) is 5.41 Å². The maximum absolute atomic E-state index is 13.4. The van der Waals surface area contributed by atoms with Gasteiger partial charge in [-0.2, -0.15) is 5.10 Å². The van der Waals surface area contributed by atoms with Crippen molar-refractivity contribution in [3.05, 3.63) is 59.8 Å². The summed E-state index contributed by atoms with van der Waals surface area (Å²) in [5.74, 6) is 0.234. The highest BCUT2D eigenvalue weighted by molar-refractivity contribution is 5.86. The van der Waals surface area contributed by atoms with Crippen LogP contribution in [-0.2, 0) is 13.6 Å². The zero-order valence-corrected chi connectivity index (χ0v) is 13.6. The van der Waals surface area contributed by atoms with Gasteiger partial charge in [-0.05, 0) is 23.8 Å². The van der Waals surface area contributed by atoms with Crippen LogP contribution in [0.2, 0.25) is 0 Å². The average Bonchev–Trinajstić information content (AvgIpc) is 2.97. The van der Waals surface area contributed by atoms with E-state index in [1.54, 1.807) is 29.2 Å². The SMILES string of the molecule is Cn1cc(Nc2cc(NCc3cc(N)cc(F)c3)c(C=N)cn2)cn1. The van der Waals surface area contributed by atoms with Crippen LogP contribution < -0.4 is 16.4 Å². The molecule has 128 valence electrons. The molecule has 0 spiro atoms. The van der Waals surface area contributed by atoms with Crippen molar-refractivity contribution in [2.75, 3.05) is 16.4 Å². The number of benzene rings is 1. The topological polar surface area (TPSA) is 105 Å². The summed E-state index contributed by atoms with van der Waals surface area (Å²) >= 11 is 0. The number of nitrogen functional groups attached to an aromatic ring is 1. The molecule has 0 saturated carbocycles. The molecule has 1 aromatic carbocycles. The summed E-state index contributed by atoms with van der Waals surface area (Å²) in [5.41, 5.74) is 8.89. The molecular formula is C17H18FN7. The van der Waals surface area contributed by atoms with Crippen LogP contribution in [0.4, 0.5) is 27.3 Å². The first-order valence-electron chi connectivity index (χ1n) is 7.58. The van der Waals surface area contributed by atoms with Gasteiger partial charge in [0, 0.05) is 55.2 Å². The fraction of sp³-hybridized carbons (Fsp3) is 0.118. The Bertz CT molecular complexity index is 884. The Morgan fingerprint density at radius 2 is 2.12 bits per heavy atom. The Morgan fingerprint density at radius 1 is 1.28 bits per heavy atom. The molecule has 25 heavy (non-hydrogen) atoms. The molecule has 0 atom stereocenters. The molecule has 0 amide bonds. The van der Waals surface area contributed by atoms with Crippen LogP contribution in [0, 0.1) is 11.2 Å². The van der Waals surface area contributed by atoms with E-state index >= 15 is 0 Å². The lowest BCUT2D eigenvalue weighted by molar-refractivity contribution is 0.626. The van der Waals surface area contributed by atoms with Gasteiger partial charge in [-0.1, -0.05) is 0 Å². The van der Waals surface area contributed by atoms with Crippen LogP contribution in [0.1, 0.15) is 11.1 Å². The molecule has 8 heteroatoms. The first kappa shape index (κ1) is 16.4. The van der Waals surface area contributed by atoms with Crippen molar-refractivity contribution >= 4 is 29.1 Å². The van der Waals surface area contributed by atoms with E-state index in [0.29, 0.717) is 34.9 Å². The number of aromatic nitrogens is 3. The molecule has 0 saturated heterocycles. The standard InChI is InChI=1S/C17H18FN7/c1-25-10-15(9-23-25)24-17-5-16(12(6-19)8-22-17)21-7-11-2-13(18)4-14(20)3-11/h2-6,8-10,19H,7,20H2,1H3,(H2,21,22,24). The smallest absolute Gasteiger partial charge is 0.132 e. The number of pyridine rings is 1. The summed E-state index contributed by atoms with van der Waals surface area (Å²) in [7, 11) is 1.83. The summed E-state index contributed by atoms with van der Waals surface area (Å²) in [6.45, 7) is 0.374. The number of hydrogen-bond donors (Lipinski definition) is 4. The third-order valence-corrected chi connectivity index (χ3v) is 3.53. The Kier molecular flexibility index (Phi) is 4.60. The van der Waals surface area contributed by atoms with E-state index in [4.69, 9.17) is 11.1 Å². The van der Waals surface area contributed by atoms with Crippen LogP contribution in [0.15, 0.2) is 42.9 Å². The molecular weight excluding hydrogens is 321 g/mol. The van der Waals surface area contributed by atoms with Crippen LogP contribution in [0.25, 0.3) is 0 Å². The molecule has 0 aliphatic rings. The molecule has 0 aliphatic heterocycles. The van der Waals surface area contributed by atoms with Gasteiger partial charge in [-0.15, -0.1) is 0 Å². The summed E-state index contributed by atoms with van der Waals surface area (Å²) < 4.78 is 15.1. The van der Waals surface area contributed by atoms with Gasteiger partial charge in [0.1, 0.15) is 11.6 Å². The first-order valence-corrected chi connectivity index (χ1v) is 7.58. The lowest BCUT2D eigenvalue weighted by atomic mass is 10.1. The summed E-state index contributed by atoms with van der Waals surface area (Å²) in [6, 6.07) is 6.19. The van der Waals surface area contributed by atoms with E-state index in [1.165, 1.54) is 18.3 Å².